The summed E-state index contributed by atoms with van der Waals surface area (Å²) in [7, 11) is 0. The summed E-state index contributed by atoms with van der Waals surface area (Å²) >= 11 is 0. The van der Waals surface area contributed by atoms with Gasteiger partial charge in [0.2, 0.25) is 0 Å². The van der Waals surface area contributed by atoms with Gasteiger partial charge >= 0.3 is 0 Å². The SMILES string of the molecule is Nc1ccc(CN2CCOCC2)cc1NC(=O)c1[nH]ncc1Nc1cc(CN2CCOCC2)ccc1N. The highest BCUT2D eigenvalue weighted by Crippen LogP contribution is 2.28. The number of carbonyl (C=O) groups is 1. The average Bonchev–Trinajstić information content (AvgIpc) is 3.38. The van der Waals surface area contributed by atoms with E-state index in [1.807, 2.05) is 36.4 Å². The maximum Gasteiger partial charge on any atom is 0.275 e. The highest BCUT2D eigenvalue weighted by molar-refractivity contribution is 6.08. The first-order chi connectivity index (χ1) is 18.0. The number of hydrogen-bond donors (Lipinski definition) is 5. The van der Waals surface area contributed by atoms with Gasteiger partial charge in [0.1, 0.15) is 5.69 Å². The fourth-order valence-electron chi connectivity index (χ4n) is 4.54. The van der Waals surface area contributed by atoms with E-state index in [0.717, 1.165) is 76.8 Å². The summed E-state index contributed by atoms with van der Waals surface area (Å²) in [5.41, 5.74) is 17.8. The number of rotatable bonds is 8. The standard InChI is InChI=1S/C26H34N8O3/c27-20-3-1-18(16-33-5-9-36-10-6-33)13-22(20)30-24-15-29-32-25(24)26(35)31-23-14-19(2-4-21(23)28)17-34-7-11-37-12-8-34/h1-4,13-15,30H,5-12,16-17,27-28H2,(H,29,32)(H,31,35). The minimum atomic E-state index is -0.349. The van der Waals surface area contributed by atoms with Crippen LogP contribution in [-0.2, 0) is 22.6 Å². The minimum absolute atomic E-state index is 0.288. The predicted molar refractivity (Wildman–Crippen MR) is 144 cm³/mol. The summed E-state index contributed by atoms with van der Waals surface area (Å²) in [5.74, 6) is -0.349. The zero-order valence-corrected chi connectivity index (χ0v) is 20.8. The lowest BCUT2D eigenvalue weighted by Gasteiger charge is -2.26. The van der Waals surface area contributed by atoms with E-state index < -0.39 is 0 Å². The first-order valence-electron chi connectivity index (χ1n) is 12.5. The second-order valence-corrected chi connectivity index (χ2v) is 9.36. The molecule has 0 spiro atoms. The number of nitrogens with two attached hydrogens (primary N) is 2. The van der Waals surface area contributed by atoms with Crippen molar-refractivity contribution < 1.29 is 14.3 Å². The molecule has 0 radical (unpaired) electrons. The third-order valence-corrected chi connectivity index (χ3v) is 6.64. The van der Waals surface area contributed by atoms with E-state index in [-0.39, 0.29) is 11.6 Å². The molecule has 0 saturated carbocycles. The van der Waals surface area contributed by atoms with Crippen LogP contribution in [0.2, 0.25) is 0 Å². The molecule has 37 heavy (non-hydrogen) atoms. The fourth-order valence-corrected chi connectivity index (χ4v) is 4.54. The number of nitrogen functional groups attached to an aromatic ring is 2. The third kappa shape index (κ3) is 6.38. The van der Waals surface area contributed by atoms with E-state index >= 15 is 0 Å². The number of anilines is 5. The first kappa shape index (κ1) is 25.0. The summed E-state index contributed by atoms with van der Waals surface area (Å²) in [6.07, 6.45) is 1.57. The number of carbonyl (C=O) groups excluding carboxylic acids is 1. The van der Waals surface area contributed by atoms with Gasteiger partial charge in [0.15, 0.2) is 0 Å². The van der Waals surface area contributed by atoms with Crippen LogP contribution in [0.15, 0.2) is 42.6 Å². The molecule has 7 N–H and O–H groups in total. The Morgan fingerprint density at radius 3 is 1.97 bits per heavy atom. The van der Waals surface area contributed by atoms with Crippen LogP contribution in [0.5, 0.6) is 0 Å². The van der Waals surface area contributed by atoms with Gasteiger partial charge in [0.25, 0.3) is 5.91 Å². The largest absolute Gasteiger partial charge is 0.397 e. The highest BCUT2D eigenvalue weighted by Gasteiger charge is 2.18. The molecule has 5 rings (SSSR count). The lowest BCUT2D eigenvalue weighted by molar-refractivity contribution is 0.0341. The van der Waals surface area contributed by atoms with E-state index in [9.17, 15) is 4.79 Å². The molecule has 3 aromatic rings. The van der Waals surface area contributed by atoms with Crippen LogP contribution < -0.4 is 22.1 Å². The quantitative estimate of drug-likeness (QED) is 0.290. The second kappa shape index (κ2) is 11.6. The van der Waals surface area contributed by atoms with Crippen molar-refractivity contribution in [1.29, 1.82) is 0 Å². The summed E-state index contributed by atoms with van der Waals surface area (Å²) in [6, 6.07) is 11.6. The number of nitrogens with one attached hydrogen (secondary N) is 3. The van der Waals surface area contributed by atoms with Gasteiger partial charge in [0, 0.05) is 39.3 Å². The number of morpholine rings is 2. The second-order valence-electron chi connectivity index (χ2n) is 9.36. The van der Waals surface area contributed by atoms with E-state index in [1.165, 1.54) is 0 Å². The molecule has 0 bridgehead atoms. The Kier molecular flexibility index (Phi) is 7.85. The molecule has 1 amide bonds. The van der Waals surface area contributed by atoms with Crippen LogP contribution in [0.4, 0.5) is 28.4 Å². The van der Waals surface area contributed by atoms with Crippen LogP contribution in [0.1, 0.15) is 21.6 Å². The van der Waals surface area contributed by atoms with E-state index in [2.05, 4.69) is 30.6 Å². The number of aromatic nitrogens is 2. The van der Waals surface area contributed by atoms with Gasteiger partial charge in [-0.3, -0.25) is 19.7 Å². The van der Waals surface area contributed by atoms with Gasteiger partial charge in [-0.1, -0.05) is 12.1 Å². The van der Waals surface area contributed by atoms with Crippen LogP contribution in [-0.4, -0.2) is 78.5 Å². The van der Waals surface area contributed by atoms with E-state index in [4.69, 9.17) is 20.9 Å². The van der Waals surface area contributed by atoms with Gasteiger partial charge in [-0.05, 0) is 35.4 Å². The molecular formula is C26H34N8O3. The summed E-state index contributed by atoms with van der Waals surface area (Å²) < 4.78 is 10.9. The van der Waals surface area contributed by atoms with Crippen molar-refractivity contribution in [1.82, 2.24) is 20.0 Å². The van der Waals surface area contributed by atoms with Gasteiger partial charge in [-0.15, -0.1) is 0 Å². The van der Waals surface area contributed by atoms with Crippen molar-refractivity contribution in [2.24, 2.45) is 0 Å². The van der Waals surface area contributed by atoms with Crippen molar-refractivity contribution in [2.45, 2.75) is 13.1 Å². The van der Waals surface area contributed by atoms with Crippen LogP contribution >= 0.6 is 0 Å². The highest BCUT2D eigenvalue weighted by atomic mass is 16.5. The monoisotopic (exact) mass is 506 g/mol. The van der Waals surface area contributed by atoms with Gasteiger partial charge in [-0.2, -0.15) is 5.10 Å². The molecule has 2 aromatic carbocycles. The summed E-state index contributed by atoms with van der Waals surface area (Å²) in [4.78, 5) is 17.9. The Morgan fingerprint density at radius 2 is 1.38 bits per heavy atom. The minimum Gasteiger partial charge on any atom is -0.397 e. The Labute approximate surface area is 216 Å². The molecule has 2 fully saturated rings. The molecular weight excluding hydrogens is 472 g/mol. The number of aromatic amines is 1. The molecule has 3 heterocycles. The molecule has 196 valence electrons. The molecule has 2 saturated heterocycles. The average molecular weight is 507 g/mol. The Morgan fingerprint density at radius 1 is 0.838 bits per heavy atom. The Bertz CT molecular complexity index is 1220. The molecule has 11 nitrogen and oxygen atoms in total. The van der Waals surface area contributed by atoms with Crippen molar-refractivity contribution in [3.63, 3.8) is 0 Å². The van der Waals surface area contributed by atoms with Gasteiger partial charge in [0.05, 0.1) is 61.1 Å². The first-order valence-corrected chi connectivity index (χ1v) is 12.5. The topological polar surface area (TPSA) is 147 Å². The number of ether oxygens (including phenoxy) is 2. The zero-order chi connectivity index (χ0) is 25.6. The van der Waals surface area contributed by atoms with Crippen molar-refractivity contribution >= 4 is 34.3 Å². The normalized spacial score (nSPS) is 17.0. The van der Waals surface area contributed by atoms with Gasteiger partial charge in [-0.25, -0.2) is 0 Å². The fraction of sp³-hybridized carbons (Fsp3) is 0.385. The maximum absolute atomic E-state index is 13.2. The molecule has 0 unspecified atom stereocenters. The van der Waals surface area contributed by atoms with Crippen molar-refractivity contribution in [3.05, 3.63) is 59.4 Å². The molecule has 0 aliphatic carbocycles. The van der Waals surface area contributed by atoms with Crippen LogP contribution in [0, 0.1) is 0 Å². The number of amides is 1. The Balaban J connectivity index is 1.27. The molecule has 2 aliphatic heterocycles. The molecule has 11 heteroatoms. The molecule has 1 aromatic heterocycles. The summed E-state index contributed by atoms with van der Waals surface area (Å²) in [5, 5.41) is 13.1. The number of nitrogens with zero attached hydrogens (tertiary/aromatic N) is 3. The predicted octanol–water partition coefficient (Wildman–Crippen LogP) is 2.23. The number of hydrogen-bond acceptors (Lipinski definition) is 9. The van der Waals surface area contributed by atoms with Crippen LogP contribution in [0.3, 0.4) is 0 Å². The third-order valence-electron chi connectivity index (χ3n) is 6.64. The maximum atomic E-state index is 13.2. The smallest absolute Gasteiger partial charge is 0.275 e. The molecule has 0 atom stereocenters. The van der Waals surface area contributed by atoms with Crippen molar-refractivity contribution in [3.8, 4) is 0 Å². The summed E-state index contributed by atoms with van der Waals surface area (Å²) in [6.45, 7) is 8.08. The Hall–Kier alpha value is -3.64. The molecule has 2 aliphatic rings. The lowest BCUT2D eigenvalue weighted by Crippen LogP contribution is -2.35. The van der Waals surface area contributed by atoms with Crippen molar-refractivity contribution in [2.75, 3.05) is 74.7 Å². The van der Waals surface area contributed by atoms with E-state index in [0.29, 0.717) is 28.4 Å². The number of benzene rings is 2. The number of H-pyrrole nitrogens is 1. The van der Waals surface area contributed by atoms with E-state index in [1.54, 1.807) is 6.20 Å². The van der Waals surface area contributed by atoms with Crippen LogP contribution in [0.25, 0.3) is 0 Å². The lowest BCUT2D eigenvalue weighted by atomic mass is 10.1. The zero-order valence-electron chi connectivity index (χ0n) is 20.8. The van der Waals surface area contributed by atoms with Gasteiger partial charge < -0.3 is 31.6 Å².